The first-order valence-electron chi connectivity index (χ1n) is 5.73. The minimum Gasteiger partial charge on any atom is -0.334 e. The minimum atomic E-state index is -1.62. The summed E-state index contributed by atoms with van der Waals surface area (Å²) >= 11 is 0. The van der Waals surface area contributed by atoms with Gasteiger partial charge in [-0.1, -0.05) is 0 Å². The van der Waals surface area contributed by atoms with E-state index >= 15 is 0 Å². The summed E-state index contributed by atoms with van der Waals surface area (Å²) in [4.78, 5) is 13.5. The third kappa shape index (κ3) is 2.66. The SMILES string of the molecule is CC(C)N(C(=O)c1ccc(F)c(F)c1F)C(C)C. The van der Waals surface area contributed by atoms with E-state index in [1.165, 1.54) is 4.90 Å². The summed E-state index contributed by atoms with van der Waals surface area (Å²) in [5.74, 6) is -5.00. The van der Waals surface area contributed by atoms with Gasteiger partial charge in [0.1, 0.15) is 0 Å². The van der Waals surface area contributed by atoms with Gasteiger partial charge in [-0.3, -0.25) is 4.79 Å². The molecule has 0 atom stereocenters. The molecule has 1 aromatic rings. The summed E-state index contributed by atoms with van der Waals surface area (Å²) in [6.45, 7) is 7.09. The third-order valence-electron chi connectivity index (χ3n) is 2.61. The van der Waals surface area contributed by atoms with E-state index in [1.807, 2.05) is 0 Å². The Morgan fingerprint density at radius 1 is 1.00 bits per heavy atom. The molecule has 0 N–H and O–H groups in total. The van der Waals surface area contributed by atoms with Crippen LogP contribution in [-0.4, -0.2) is 22.9 Å². The molecule has 0 unspecified atom stereocenters. The van der Waals surface area contributed by atoms with Crippen LogP contribution >= 0.6 is 0 Å². The Labute approximate surface area is 104 Å². The van der Waals surface area contributed by atoms with E-state index in [0.29, 0.717) is 0 Å². The number of carbonyl (C=O) groups excluding carboxylic acids is 1. The van der Waals surface area contributed by atoms with Gasteiger partial charge in [0.2, 0.25) is 0 Å². The maximum atomic E-state index is 13.5. The Morgan fingerprint density at radius 2 is 1.50 bits per heavy atom. The molecular weight excluding hydrogens is 243 g/mol. The van der Waals surface area contributed by atoms with E-state index in [2.05, 4.69) is 0 Å². The molecule has 0 aliphatic rings. The zero-order chi connectivity index (χ0) is 14.0. The molecule has 0 aliphatic carbocycles. The number of hydrogen-bond acceptors (Lipinski definition) is 1. The van der Waals surface area contributed by atoms with Gasteiger partial charge in [0.25, 0.3) is 5.91 Å². The molecule has 0 aromatic heterocycles. The number of carbonyl (C=O) groups is 1. The van der Waals surface area contributed by atoms with Crippen molar-refractivity contribution in [1.82, 2.24) is 4.90 Å². The van der Waals surface area contributed by atoms with Crippen molar-refractivity contribution in [2.24, 2.45) is 0 Å². The van der Waals surface area contributed by atoms with Crippen LogP contribution < -0.4 is 0 Å². The quantitative estimate of drug-likeness (QED) is 0.762. The smallest absolute Gasteiger partial charge is 0.257 e. The first-order valence-corrected chi connectivity index (χ1v) is 5.73. The lowest BCUT2D eigenvalue weighted by atomic mass is 10.1. The van der Waals surface area contributed by atoms with Crippen molar-refractivity contribution in [3.63, 3.8) is 0 Å². The highest BCUT2D eigenvalue weighted by Gasteiger charge is 2.26. The molecule has 0 saturated carbocycles. The van der Waals surface area contributed by atoms with Crippen molar-refractivity contribution in [3.8, 4) is 0 Å². The molecule has 0 fully saturated rings. The summed E-state index contributed by atoms with van der Waals surface area (Å²) < 4.78 is 39.4. The largest absolute Gasteiger partial charge is 0.334 e. The van der Waals surface area contributed by atoms with Crippen molar-refractivity contribution in [2.45, 2.75) is 39.8 Å². The monoisotopic (exact) mass is 259 g/mol. The highest BCUT2D eigenvalue weighted by atomic mass is 19.2. The standard InChI is InChI=1S/C13H16F3NO/c1-7(2)17(8(3)4)13(18)9-5-6-10(14)12(16)11(9)15/h5-8H,1-4H3. The van der Waals surface area contributed by atoms with Gasteiger partial charge in [-0.25, -0.2) is 13.2 Å². The van der Waals surface area contributed by atoms with E-state index < -0.39 is 28.9 Å². The molecule has 18 heavy (non-hydrogen) atoms. The van der Waals surface area contributed by atoms with E-state index in [9.17, 15) is 18.0 Å². The van der Waals surface area contributed by atoms with Gasteiger partial charge in [0.05, 0.1) is 5.56 Å². The summed E-state index contributed by atoms with van der Waals surface area (Å²) in [6.07, 6.45) is 0. The molecule has 2 nitrogen and oxygen atoms in total. The summed E-state index contributed by atoms with van der Waals surface area (Å²) in [6, 6.07) is 1.40. The number of benzene rings is 1. The number of halogens is 3. The van der Waals surface area contributed by atoms with Crippen LogP contribution in [0.25, 0.3) is 0 Å². The van der Waals surface area contributed by atoms with Gasteiger partial charge in [0, 0.05) is 12.1 Å². The zero-order valence-electron chi connectivity index (χ0n) is 10.8. The molecule has 0 spiro atoms. The van der Waals surface area contributed by atoms with Crippen LogP contribution in [0.15, 0.2) is 12.1 Å². The van der Waals surface area contributed by atoms with Crippen LogP contribution in [0.3, 0.4) is 0 Å². The average molecular weight is 259 g/mol. The van der Waals surface area contributed by atoms with Gasteiger partial charge < -0.3 is 4.90 Å². The van der Waals surface area contributed by atoms with Gasteiger partial charge in [-0.05, 0) is 39.8 Å². The number of amides is 1. The van der Waals surface area contributed by atoms with Crippen LogP contribution in [0.1, 0.15) is 38.1 Å². The van der Waals surface area contributed by atoms with Crippen LogP contribution in [0.4, 0.5) is 13.2 Å². The maximum absolute atomic E-state index is 13.5. The van der Waals surface area contributed by atoms with Crippen LogP contribution in [-0.2, 0) is 0 Å². The van der Waals surface area contributed by atoms with E-state index in [1.54, 1.807) is 27.7 Å². The van der Waals surface area contributed by atoms with Crippen LogP contribution in [0.2, 0.25) is 0 Å². The lowest BCUT2D eigenvalue weighted by Gasteiger charge is -2.31. The fraction of sp³-hybridized carbons (Fsp3) is 0.462. The first kappa shape index (κ1) is 14.5. The molecule has 0 saturated heterocycles. The second kappa shape index (κ2) is 5.42. The van der Waals surface area contributed by atoms with Crippen molar-refractivity contribution < 1.29 is 18.0 Å². The Balaban J connectivity index is 3.22. The van der Waals surface area contributed by atoms with Crippen molar-refractivity contribution in [1.29, 1.82) is 0 Å². The molecule has 5 heteroatoms. The van der Waals surface area contributed by atoms with Gasteiger partial charge in [0.15, 0.2) is 17.5 Å². The molecule has 0 heterocycles. The van der Waals surface area contributed by atoms with Crippen LogP contribution in [0.5, 0.6) is 0 Å². The Morgan fingerprint density at radius 3 is 1.94 bits per heavy atom. The molecule has 1 rings (SSSR count). The molecule has 0 bridgehead atoms. The van der Waals surface area contributed by atoms with Crippen molar-refractivity contribution in [2.75, 3.05) is 0 Å². The fourth-order valence-electron chi connectivity index (χ4n) is 1.90. The highest BCUT2D eigenvalue weighted by molar-refractivity contribution is 5.94. The van der Waals surface area contributed by atoms with Crippen molar-refractivity contribution in [3.05, 3.63) is 35.1 Å². The lowest BCUT2D eigenvalue weighted by Crippen LogP contribution is -2.42. The molecule has 1 amide bonds. The second-order valence-electron chi connectivity index (χ2n) is 4.62. The number of hydrogen-bond donors (Lipinski definition) is 0. The number of nitrogens with zero attached hydrogens (tertiary/aromatic N) is 1. The summed E-state index contributed by atoms with van der Waals surface area (Å²) in [7, 11) is 0. The average Bonchev–Trinajstić information content (AvgIpc) is 2.24. The first-order chi connectivity index (χ1) is 8.27. The number of rotatable bonds is 3. The van der Waals surface area contributed by atoms with E-state index in [-0.39, 0.29) is 12.1 Å². The summed E-state index contributed by atoms with van der Waals surface area (Å²) in [5, 5.41) is 0. The molecular formula is C13H16F3NO. The Hall–Kier alpha value is -1.52. The normalized spacial score (nSPS) is 11.2. The summed E-state index contributed by atoms with van der Waals surface area (Å²) in [5.41, 5.74) is -0.448. The molecule has 1 aromatic carbocycles. The minimum absolute atomic E-state index is 0.162. The lowest BCUT2D eigenvalue weighted by molar-refractivity contribution is 0.0637. The van der Waals surface area contributed by atoms with Gasteiger partial charge in [-0.15, -0.1) is 0 Å². The maximum Gasteiger partial charge on any atom is 0.257 e. The highest BCUT2D eigenvalue weighted by Crippen LogP contribution is 2.19. The third-order valence-corrected chi connectivity index (χ3v) is 2.61. The second-order valence-corrected chi connectivity index (χ2v) is 4.62. The fourth-order valence-corrected chi connectivity index (χ4v) is 1.90. The van der Waals surface area contributed by atoms with E-state index in [4.69, 9.17) is 0 Å². The van der Waals surface area contributed by atoms with Crippen molar-refractivity contribution >= 4 is 5.91 Å². The Bertz CT molecular complexity index is 450. The topological polar surface area (TPSA) is 20.3 Å². The van der Waals surface area contributed by atoms with E-state index in [0.717, 1.165) is 12.1 Å². The molecule has 0 radical (unpaired) electrons. The Kier molecular flexibility index (Phi) is 4.38. The zero-order valence-corrected chi connectivity index (χ0v) is 10.8. The predicted molar refractivity (Wildman–Crippen MR) is 62.8 cm³/mol. The van der Waals surface area contributed by atoms with Gasteiger partial charge >= 0.3 is 0 Å². The molecule has 0 aliphatic heterocycles. The van der Waals surface area contributed by atoms with Gasteiger partial charge in [-0.2, -0.15) is 0 Å². The van der Waals surface area contributed by atoms with Crippen LogP contribution in [0, 0.1) is 17.5 Å². The molecule has 100 valence electrons. The predicted octanol–water partition coefficient (Wildman–Crippen LogP) is 3.36.